The molecule has 0 unspecified atom stereocenters. The first kappa shape index (κ1) is 16.1. The van der Waals surface area contributed by atoms with E-state index in [0.717, 1.165) is 44.6 Å². The van der Waals surface area contributed by atoms with Crippen molar-refractivity contribution < 1.29 is 19.0 Å². The molecule has 2 aromatic rings. The second-order valence-electron chi connectivity index (χ2n) is 6.99. The van der Waals surface area contributed by atoms with E-state index in [1.165, 1.54) is 12.6 Å². The molecule has 2 aliphatic carbocycles. The Bertz CT molecular complexity index is 894. The molecule has 1 heterocycles. The summed E-state index contributed by atoms with van der Waals surface area (Å²) < 4.78 is 22.2. The maximum Gasteiger partial charge on any atom is 0.341 e. The Morgan fingerprint density at radius 1 is 1.16 bits per heavy atom. The van der Waals surface area contributed by atoms with Crippen molar-refractivity contribution in [3.8, 4) is 5.75 Å². The summed E-state index contributed by atoms with van der Waals surface area (Å²) in [4.78, 5) is 23.8. The van der Waals surface area contributed by atoms with Gasteiger partial charge < -0.3 is 14.4 Å². The fraction of sp³-hybridized carbons (Fsp3) is 0.474. The average Bonchev–Trinajstić information content (AvgIpc) is 3.42. The van der Waals surface area contributed by atoms with Crippen LogP contribution in [-0.4, -0.2) is 21.7 Å². The second-order valence-corrected chi connectivity index (χ2v) is 6.99. The average molecular weight is 345 g/mol. The van der Waals surface area contributed by atoms with Gasteiger partial charge in [-0.1, -0.05) is 6.42 Å². The lowest BCUT2D eigenvalue weighted by Crippen LogP contribution is -2.21. The second kappa shape index (κ2) is 6.17. The summed E-state index contributed by atoms with van der Waals surface area (Å²) in [6.07, 6.45) is 8.38. The van der Waals surface area contributed by atoms with Gasteiger partial charge in [0.15, 0.2) is 11.6 Å². The predicted molar refractivity (Wildman–Crippen MR) is 90.9 cm³/mol. The zero-order chi connectivity index (χ0) is 17.6. The highest BCUT2D eigenvalue weighted by atomic mass is 19.1. The minimum Gasteiger partial charge on any atom is -0.487 e. The lowest BCUT2D eigenvalue weighted by molar-refractivity contribution is 0.0695. The third-order valence-corrected chi connectivity index (χ3v) is 5.10. The van der Waals surface area contributed by atoms with Crippen LogP contribution in [0.25, 0.3) is 10.9 Å². The van der Waals surface area contributed by atoms with Gasteiger partial charge in [0.2, 0.25) is 5.43 Å². The first-order chi connectivity index (χ1) is 12.0. The molecule has 0 radical (unpaired) electrons. The number of ether oxygens (including phenoxy) is 1. The molecule has 1 aromatic heterocycles. The number of halogens is 1. The third kappa shape index (κ3) is 3.01. The topological polar surface area (TPSA) is 68.5 Å². The number of carboxylic acids is 1. The van der Waals surface area contributed by atoms with Gasteiger partial charge >= 0.3 is 5.97 Å². The number of rotatable bonds is 4. The Labute approximate surface area is 144 Å². The Morgan fingerprint density at radius 3 is 2.52 bits per heavy atom. The summed E-state index contributed by atoms with van der Waals surface area (Å²) in [5.41, 5.74) is -0.424. The van der Waals surface area contributed by atoms with E-state index in [-0.39, 0.29) is 28.8 Å². The molecule has 2 aliphatic rings. The highest BCUT2D eigenvalue weighted by Gasteiger charge is 2.28. The van der Waals surface area contributed by atoms with Gasteiger partial charge in [-0.05, 0) is 44.6 Å². The highest BCUT2D eigenvalue weighted by Crippen LogP contribution is 2.38. The van der Waals surface area contributed by atoms with Gasteiger partial charge in [0.05, 0.1) is 11.6 Å². The van der Waals surface area contributed by atoms with Crippen LogP contribution in [0, 0.1) is 5.82 Å². The van der Waals surface area contributed by atoms with Crippen molar-refractivity contribution in [1.82, 2.24) is 4.57 Å². The molecule has 4 rings (SSSR count). The molecule has 5 nitrogen and oxygen atoms in total. The first-order valence-electron chi connectivity index (χ1n) is 8.83. The van der Waals surface area contributed by atoms with E-state index in [1.807, 2.05) is 0 Å². The lowest BCUT2D eigenvalue weighted by atomic mass is 9.98. The first-order valence-corrected chi connectivity index (χ1v) is 8.83. The molecule has 2 saturated carbocycles. The van der Waals surface area contributed by atoms with Gasteiger partial charge in [0, 0.05) is 23.7 Å². The zero-order valence-electron chi connectivity index (χ0n) is 13.8. The molecule has 0 saturated heterocycles. The minimum absolute atomic E-state index is 0.0000831. The van der Waals surface area contributed by atoms with Crippen LogP contribution < -0.4 is 10.2 Å². The number of hydrogen-bond donors (Lipinski definition) is 1. The van der Waals surface area contributed by atoms with E-state index in [1.54, 1.807) is 10.6 Å². The number of aromatic nitrogens is 1. The van der Waals surface area contributed by atoms with Crippen LogP contribution in [0.1, 0.15) is 61.3 Å². The smallest absolute Gasteiger partial charge is 0.341 e. The maximum atomic E-state index is 14.5. The standard InChI is InChI=1S/C19H20FNO4/c20-15-8-13-16(9-17(15)25-12-4-2-1-3-5-12)21(11-6-7-11)10-14(18(13)22)19(23)24/h8-12H,1-7H2,(H,23,24). The van der Waals surface area contributed by atoms with Gasteiger partial charge in [-0.3, -0.25) is 4.79 Å². The fourth-order valence-electron chi connectivity index (χ4n) is 3.61. The van der Waals surface area contributed by atoms with Crippen LogP contribution in [0.15, 0.2) is 23.1 Å². The van der Waals surface area contributed by atoms with Crippen LogP contribution in [0.3, 0.4) is 0 Å². The van der Waals surface area contributed by atoms with Crippen molar-refractivity contribution in [2.45, 2.75) is 57.1 Å². The van der Waals surface area contributed by atoms with Gasteiger partial charge in [-0.2, -0.15) is 0 Å². The third-order valence-electron chi connectivity index (χ3n) is 5.10. The van der Waals surface area contributed by atoms with Crippen molar-refractivity contribution in [2.75, 3.05) is 0 Å². The molecule has 132 valence electrons. The molecule has 0 spiro atoms. The van der Waals surface area contributed by atoms with E-state index in [4.69, 9.17) is 4.74 Å². The molecule has 25 heavy (non-hydrogen) atoms. The zero-order valence-corrected chi connectivity index (χ0v) is 13.8. The van der Waals surface area contributed by atoms with Crippen LogP contribution >= 0.6 is 0 Å². The largest absolute Gasteiger partial charge is 0.487 e. The quantitative estimate of drug-likeness (QED) is 0.913. The van der Waals surface area contributed by atoms with Crippen LogP contribution in [0.2, 0.25) is 0 Å². The molecule has 1 N–H and O–H groups in total. The fourth-order valence-corrected chi connectivity index (χ4v) is 3.61. The molecule has 0 bridgehead atoms. The van der Waals surface area contributed by atoms with Crippen LogP contribution in [0.5, 0.6) is 5.75 Å². The summed E-state index contributed by atoms with van der Waals surface area (Å²) in [7, 11) is 0. The van der Waals surface area contributed by atoms with Crippen molar-refractivity contribution in [2.24, 2.45) is 0 Å². The van der Waals surface area contributed by atoms with Crippen molar-refractivity contribution >= 4 is 16.9 Å². The number of nitrogens with zero attached hydrogens (tertiary/aromatic N) is 1. The Balaban J connectivity index is 1.83. The number of pyridine rings is 1. The molecule has 0 atom stereocenters. The number of carboxylic acid groups (broad SMARTS) is 1. The molecule has 1 aromatic carbocycles. The van der Waals surface area contributed by atoms with E-state index in [0.29, 0.717) is 5.52 Å². The number of carbonyl (C=O) groups is 1. The van der Waals surface area contributed by atoms with E-state index >= 15 is 0 Å². The Hall–Kier alpha value is -2.37. The normalized spacial score (nSPS) is 18.4. The number of aromatic carboxylic acids is 1. The minimum atomic E-state index is -1.29. The number of fused-ring (bicyclic) bond motifs is 1. The van der Waals surface area contributed by atoms with Crippen molar-refractivity contribution in [3.05, 3.63) is 39.9 Å². The van der Waals surface area contributed by atoms with E-state index in [2.05, 4.69) is 0 Å². The summed E-state index contributed by atoms with van der Waals surface area (Å²) in [6.45, 7) is 0. The van der Waals surface area contributed by atoms with Crippen LogP contribution in [0.4, 0.5) is 4.39 Å². The van der Waals surface area contributed by atoms with Gasteiger partial charge in [0.25, 0.3) is 0 Å². The monoisotopic (exact) mass is 345 g/mol. The van der Waals surface area contributed by atoms with Gasteiger partial charge in [-0.15, -0.1) is 0 Å². The molecule has 6 heteroatoms. The summed E-state index contributed by atoms with van der Waals surface area (Å²) in [5.74, 6) is -1.75. The summed E-state index contributed by atoms with van der Waals surface area (Å²) in [5, 5.41) is 9.36. The Kier molecular flexibility index (Phi) is 3.98. The maximum absolute atomic E-state index is 14.5. The van der Waals surface area contributed by atoms with Gasteiger partial charge in [0.1, 0.15) is 5.56 Å². The molecule has 0 amide bonds. The van der Waals surface area contributed by atoms with E-state index in [9.17, 15) is 19.1 Å². The van der Waals surface area contributed by atoms with Crippen molar-refractivity contribution in [3.63, 3.8) is 0 Å². The number of benzene rings is 1. The SMILES string of the molecule is O=C(O)c1cn(C2CC2)c2cc(OC3CCCCC3)c(F)cc2c1=O. The molecule has 2 fully saturated rings. The molecule has 0 aliphatic heterocycles. The highest BCUT2D eigenvalue weighted by molar-refractivity contribution is 5.93. The van der Waals surface area contributed by atoms with Crippen LogP contribution in [-0.2, 0) is 0 Å². The predicted octanol–water partition coefficient (Wildman–Crippen LogP) is 3.89. The molecular weight excluding hydrogens is 325 g/mol. The molecular formula is C19H20FNO4. The Morgan fingerprint density at radius 2 is 1.88 bits per heavy atom. The lowest BCUT2D eigenvalue weighted by Gasteiger charge is -2.23. The summed E-state index contributed by atoms with van der Waals surface area (Å²) in [6, 6.07) is 2.85. The number of hydrogen-bond acceptors (Lipinski definition) is 3. The summed E-state index contributed by atoms with van der Waals surface area (Å²) >= 11 is 0. The van der Waals surface area contributed by atoms with E-state index < -0.39 is 17.2 Å². The van der Waals surface area contributed by atoms with Gasteiger partial charge in [-0.25, -0.2) is 9.18 Å². The van der Waals surface area contributed by atoms with Crippen molar-refractivity contribution in [1.29, 1.82) is 0 Å².